The molecule has 3 heterocycles. The largest absolute Gasteiger partial charge is 0.497 e. The van der Waals surface area contributed by atoms with Gasteiger partial charge in [0.1, 0.15) is 17.3 Å². The fraction of sp³-hybridized carbons (Fsp3) is 0.400. The molecule has 8 nitrogen and oxygen atoms in total. The first-order chi connectivity index (χ1) is 13.7. The second kappa shape index (κ2) is 6.78. The lowest BCUT2D eigenvalue weighted by atomic mass is 10.1. The lowest BCUT2D eigenvalue weighted by Crippen LogP contribution is -2.38. The molecule has 0 bridgehead atoms. The van der Waals surface area contributed by atoms with Crippen LogP contribution in [0.25, 0.3) is 5.69 Å². The van der Waals surface area contributed by atoms with Gasteiger partial charge in [0.2, 0.25) is 5.95 Å². The third-order valence-corrected chi connectivity index (χ3v) is 5.56. The predicted octanol–water partition coefficient (Wildman–Crippen LogP) is 3.38. The zero-order valence-corrected chi connectivity index (χ0v) is 16.1. The summed E-state index contributed by atoms with van der Waals surface area (Å²) in [6.45, 7) is 2.70. The van der Waals surface area contributed by atoms with Gasteiger partial charge in [-0.1, -0.05) is 18.9 Å². The average molecular weight is 377 g/mol. The molecule has 8 heteroatoms. The molecule has 1 aromatic carbocycles. The Morgan fingerprint density at radius 2 is 2.04 bits per heavy atom. The van der Waals surface area contributed by atoms with Gasteiger partial charge in [0.15, 0.2) is 11.6 Å². The highest BCUT2D eigenvalue weighted by molar-refractivity contribution is 5.65. The Balaban J connectivity index is 1.54. The summed E-state index contributed by atoms with van der Waals surface area (Å²) in [5.74, 6) is 4.13. The molecule has 1 saturated carbocycles. The molecule has 3 aromatic rings. The maximum absolute atomic E-state index is 5.30. The van der Waals surface area contributed by atoms with Crippen molar-refractivity contribution in [3.63, 3.8) is 0 Å². The van der Waals surface area contributed by atoms with Crippen molar-refractivity contribution < 1.29 is 4.74 Å². The third kappa shape index (κ3) is 2.85. The van der Waals surface area contributed by atoms with Gasteiger partial charge in [-0.05, 0) is 31.9 Å². The summed E-state index contributed by atoms with van der Waals surface area (Å²) >= 11 is 0. The van der Waals surface area contributed by atoms with E-state index in [1.807, 2.05) is 37.4 Å². The number of benzene rings is 1. The monoisotopic (exact) mass is 377 g/mol. The van der Waals surface area contributed by atoms with Gasteiger partial charge in [0.25, 0.3) is 0 Å². The number of fused-ring (bicyclic) bond motifs is 3. The number of rotatable bonds is 4. The molecule has 1 aliphatic carbocycles. The van der Waals surface area contributed by atoms with Gasteiger partial charge in [0, 0.05) is 17.8 Å². The minimum Gasteiger partial charge on any atom is -0.497 e. The fourth-order valence-corrected chi connectivity index (χ4v) is 4.19. The quantitative estimate of drug-likeness (QED) is 0.746. The molecule has 5 rings (SSSR count). The third-order valence-electron chi connectivity index (χ3n) is 5.56. The van der Waals surface area contributed by atoms with E-state index in [0.717, 1.165) is 41.1 Å². The lowest BCUT2D eigenvalue weighted by Gasteiger charge is -2.35. The van der Waals surface area contributed by atoms with Gasteiger partial charge in [-0.3, -0.25) is 4.57 Å². The van der Waals surface area contributed by atoms with E-state index >= 15 is 0 Å². The maximum Gasteiger partial charge on any atom is 0.229 e. The van der Waals surface area contributed by atoms with Crippen LogP contribution in [0.4, 0.5) is 17.5 Å². The first-order valence-corrected chi connectivity index (χ1v) is 9.69. The Bertz CT molecular complexity index is 1010. The van der Waals surface area contributed by atoms with E-state index in [1.165, 1.54) is 25.7 Å². The van der Waals surface area contributed by atoms with Crippen LogP contribution < -0.4 is 15.0 Å². The summed E-state index contributed by atoms with van der Waals surface area (Å²) in [7, 11) is 1.66. The molecule has 2 aromatic heterocycles. The zero-order valence-electron chi connectivity index (χ0n) is 16.1. The normalized spacial score (nSPS) is 16.0. The Hall–Kier alpha value is -3.16. The van der Waals surface area contributed by atoms with Crippen LogP contribution in [0, 0.1) is 6.92 Å². The smallest absolute Gasteiger partial charge is 0.229 e. The van der Waals surface area contributed by atoms with Crippen molar-refractivity contribution in [2.24, 2.45) is 0 Å². The first-order valence-electron chi connectivity index (χ1n) is 9.69. The number of anilines is 3. The van der Waals surface area contributed by atoms with Crippen molar-refractivity contribution >= 4 is 17.5 Å². The minimum atomic E-state index is 0.490. The van der Waals surface area contributed by atoms with E-state index in [-0.39, 0.29) is 0 Å². The van der Waals surface area contributed by atoms with E-state index in [0.29, 0.717) is 12.0 Å². The SMILES string of the molecule is COc1cccc(Nc2ncc3c(n2)N(C2CCCC2)Cc2nnc(C)n2-3)c1. The Morgan fingerprint density at radius 3 is 2.86 bits per heavy atom. The summed E-state index contributed by atoms with van der Waals surface area (Å²) in [6.07, 6.45) is 6.78. The number of methoxy groups -OCH3 is 1. The molecule has 2 aliphatic rings. The Kier molecular flexibility index (Phi) is 4.11. The lowest BCUT2D eigenvalue weighted by molar-refractivity contribution is 0.415. The van der Waals surface area contributed by atoms with Crippen LogP contribution in [0.1, 0.15) is 37.3 Å². The van der Waals surface area contributed by atoms with Crippen LogP contribution in [0.3, 0.4) is 0 Å². The highest BCUT2D eigenvalue weighted by Crippen LogP contribution is 2.36. The number of ether oxygens (including phenoxy) is 1. The van der Waals surface area contributed by atoms with Gasteiger partial charge in [-0.15, -0.1) is 10.2 Å². The van der Waals surface area contributed by atoms with Crippen LogP contribution in [0.5, 0.6) is 5.75 Å². The van der Waals surface area contributed by atoms with Crippen molar-refractivity contribution in [1.82, 2.24) is 24.7 Å². The van der Waals surface area contributed by atoms with Crippen LogP contribution >= 0.6 is 0 Å². The van der Waals surface area contributed by atoms with Crippen LogP contribution in [0.15, 0.2) is 30.5 Å². The van der Waals surface area contributed by atoms with Crippen molar-refractivity contribution in [3.05, 3.63) is 42.1 Å². The van der Waals surface area contributed by atoms with Crippen LogP contribution in [-0.2, 0) is 6.54 Å². The molecule has 0 unspecified atom stereocenters. The first kappa shape index (κ1) is 17.0. The molecular formula is C20H23N7O. The summed E-state index contributed by atoms with van der Waals surface area (Å²) in [5.41, 5.74) is 1.84. The maximum atomic E-state index is 5.30. The average Bonchev–Trinajstić information content (AvgIpc) is 3.38. The zero-order chi connectivity index (χ0) is 19.1. The molecule has 0 amide bonds. The van der Waals surface area contributed by atoms with Gasteiger partial charge in [0.05, 0.1) is 19.9 Å². The highest BCUT2D eigenvalue weighted by atomic mass is 16.5. The van der Waals surface area contributed by atoms with E-state index in [2.05, 4.69) is 30.0 Å². The van der Waals surface area contributed by atoms with Gasteiger partial charge >= 0.3 is 0 Å². The summed E-state index contributed by atoms with van der Waals surface area (Å²) < 4.78 is 7.37. The molecule has 0 saturated heterocycles. The fourth-order valence-electron chi connectivity index (χ4n) is 4.19. The topological polar surface area (TPSA) is 81.0 Å². The van der Waals surface area contributed by atoms with Crippen LogP contribution in [-0.4, -0.2) is 37.9 Å². The standard InChI is InChI=1S/C20H23N7O/c1-13-24-25-18-12-26(15-7-3-4-8-15)19-17(27(13)18)11-21-20(23-19)22-14-6-5-9-16(10-14)28-2/h5-6,9-11,15H,3-4,7-8,12H2,1-2H3,(H,21,22,23). The highest BCUT2D eigenvalue weighted by Gasteiger charge is 2.33. The molecule has 1 fully saturated rings. The second-order valence-electron chi connectivity index (χ2n) is 7.32. The van der Waals surface area contributed by atoms with Gasteiger partial charge in [-0.25, -0.2) is 4.98 Å². The summed E-state index contributed by atoms with van der Waals surface area (Å²) in [4.78, 5) is 11.8. The minimum absolute atomic E-state index is 0.490. The number of nitrogens with zero attached hydrogens (tertiary/aromatic N) is 6. The van der Waals surface area contributed by atoms with Gasteiger partial charge < -0.3 is 15.0 Å². The molecule has 0 radical (unpaired) electrons. The van der Waals surface area contributed by atoms with Crippen molar-refractivity contribution in [2.45, 2.75) is 45.2 Å². The number of aromatic nitrogens is 5. The predicted molar refractivity (Wildman–Crippen MR) is 106 cm³/mol. The second-order valence-corrected chi connectivity index (χ2v) is 7.32. The van der Waals surface area contributed by atoms with Gasteiger partial charge in [-0.2, -0.15) is 4.98 Å². The Morgan fingerprint density at radius 1 is 1.18 bits per heavy atom. The van der Waals surface area contributed by atoms with E-state index in [4.69, 9.17) is 9.72 Å². The Labute approximate surface area is 163 Å². The van der Waals surface area contributed by atoms with Crippen molar-refractivity contribution in [3.8, 4) is 11.4 Å². The number of aryl methyl sites for hydroxylation is 1. The summed E-state index contributed by atoms with van der Waals surface area (Å²) in [5, 5.41) is 11.9. The molecule has 1 N–H and O–H groups in total. The van der Waals surface area contributed by atoms with Crippen molar-refractivity contribution in [2.75, 3.05) is 17.3 Å². The van der Waals surface area contributed by atoms with E-state index in [1.54, 1.807) is 7.11 Å². The molecule has 28 heavy (non-hydrogen) atoms. The van der Waals surface area contributed by atoms with Crippen LogP contribution in [0.2, 0.25) is 0 Å². The molecule has 144 valence electrons. The number of hydrogen-bond donors (Lipinski definition) is 1. The molecule has 0 spiro atoms. The number of nitrogens with one attached hydrogen (secondary N) is 1. The van der Waals surface area contributed by atoms with E-state index < -0.39 is 0 Å². The van der Waals surface area contributed by atoms with E-state index in [9.17, 15) is 0 Å². The summed E-state index contributed by atoms with van der Waals surface area (Å²) in [6, 6.07) is 8.25. The molecule has 0 atom stereocenters. The molecular weight excluding hydrogens is 354 g/mol. The number of hydrogen-bond acceptors (Lipinski definition) is 7. The van der Waals surface area contributed by atoms with Crippen molar-refractivity contribution in [1.29, 1.82) is 0 Å². The molecule has 1 aliphatic heterocycles.